The molecule has 2 N–H and O–H groups in total. The molecule has 0 heterocycles. The summed E-state index contributed by atoms with van der Waals surface area (Å²) in [6.45, 7) is 13.1. The molecule has 0 aromatic rings. The van der Waals surface area contributed by atoms with Gasteiger partial charge in [0.2, 0.25) is 0 Å². The normalized spacial score (nSPS) is 25.1. The van der Waals surface area contributed by atoms with Crippen LogP contribution in [0.5, 0.6) is 0 Å². The molecule has 0 fully saturated rings. The van der Waals surface area contributed by atoms with Crippen LogP contribution in [0.1, 0.15) is 112 Å². The molecule has 0 saturated heterocycles. The van der Waals surface area contributed by atoms with E-state index in [1.807, 2.05) is 0 Å². The van der Waals surface area contributed by atoms with Crippen LogP contribution in [0.3, 0.4) is 0 Å². The number of rotatable bonds is 15. The van der Waals surface area contributed by atoms with Crippen LogP contribution in [0.25, 0.3) is 0 Å². The fraction of sp³-hybridized carbons (Fsp3) is 0.821. The Labute approximate surface area is 192 Å². The number of aliphatic hydroxyl groups excluding tert-OH is 1. The van der Waals surface area contributed by atoms with E-state index in [-0.39, 0.29) is 12.0 Å². The number of allylic oxidation sites excluding steroid dienone is 3. The Morgan fingerprint density at radius 1 is 1.06 bits per heavy atom. The van der Waals surface area contributed by atoms with Crippen molar-refractivity contribution in [1.29, 1.82) is 0 Å². The fourth-order valence-corrected chi connectivity index (χ4v) is 4.61. The standard InChI is InChI=1S/C28H50O3/c1-20(10-7-11-21(2)14-9-15-24(5)28(30)31)12-8-13-22(3)16-18-26-19-17-23(4)25(6)27(26)29/h11,19-20,22-25,27,29H,7-10,12-18H2,1-6H3,(H,30,31)/b21-11+. The van der Waals surface area contributed by atoms with Gasteiger partial charge in [-0.05, 0) is 87.5 Å². The van der Waals surface area contributed by atoms with Crippen LogP contribution < -0.4 is 0 Å². The number of hydrogen-bond acceptors (Lipinski definition) is 2. The first-order valence-corrected chi connectivity index (χ1v) is 12.9. The molecule has 6 unspecified atom stereocenters. The highest BCUT2D eigenvalue weighted by Gasteiger charge is 2.27. The molecular weight excluding hydrogens is 384 g/mol. The zero-order valence-corrected chi connectivity index (χ0v) is 21.2. The van der Waals surface area contributed by atoms with Crippen LogP contribution in [0, 0.1) is 29.6 Å². The van der Waals surface area contributed by atoms with Crippen molar-refractivity contribution in [2.45, 2.75) is 118 Å². The number of aliphatic hydroxyl groups is 1. The SMILES string of the molecule is C/C(=C\CCC(C)CCCC(C)CCC1=CCC(C)C(C)C1O)CCCC(C)C(=O)O. The van der Waals surface area contributed by atoms with E-state index >= 15 is 0 Å². The van der Waals surface area contributed by atoms with Crippen molar-refractivity contribution in [3.63, 3.8) is 0 Å². The van der Waals surface area contributed by atoms with Gasteiger partial charge in [-0.3, -0.25) is 4.79 Å². The van der Waals surface area contributed by atoms with E-state index in [4.69, 9.17) is 5.11 Å². The van der Waals surface area contributed by atoms with E-state index in [2.05, 4.69) is 46.8 Å². The lowest BCUT2D eigenvalue weighted by Crippen LogP contribution is -2.29. The third-order valence-corrected chi connectivity index (χ3v) is 7.63. The van der Waals surface area contributed by atoms with Crippen molar-refractivity contribution in [3.05, 3.63) is 23.3 Å². The molecule has 1 aliphatic carbocycles. The van der Waals surface area contributed by atoms with Gasteiger partial charge in [0, 0.05) is 0 Å². The topological polar surface area (TPSA) is 57.5 Å². The molecule has 0 aromatic heterocycles. The lowest BCUT2D eigenvalue weighted by atomic mass is 9.78. The summed E-state index contributed by atoms with van der Waals surface area (Å²) < 4.78 is 0. The van der Waals surface area contributed by atoms with Crippen molar-refractivity contribution in [1.82, 2.24) is 0 Å². The molecule has 1 aliphatic rings. The van der Waals surface area contributed by atoms with Gasteiger partial charge in [0.15, 0.2) is 0 Å². The maximum absolute atomic E-state index is 10.9. The number of hydrogen-bond donors (Lipinski definition) is 2. The largest absolute Gasteiger partial charge is 0.481 e. The van der Waals surface area contributed by atoms with Crippen molar-refractivity contribution < 1.29 is 15.0 Å². The number of carboxylic acid groups (broad SMARTS) is 1. The second-order valence-corrected chi connectivity index (χ2v) is 10.7. The van der Waals surface area contributed by atoms with Gasteiger partial charge < -0.3 is 10.2 Å². The smallest absolute Gasteiger partial charge is 0.306 e. The van der Waals surface area contributed by atoms with Crippen molar-refractivity contribution in [2.75, 3.05) is 0 Å². The number of carboxylic acids is 1. The minimum atomic E-state index is -0.683. The Morgan fingerprint density at radius 3 is 2.35 bits per heavy atom. The van der Waals surface area contributed by atoms with Crippen molar-refractivity contribution in [2.24, 2.45) is 29.6 Å². The summed E-state index contributed by atoms with van der Waals surface area (Å²) in [5, 5.41) is 19.4. The van der Waals surface area contributed by atoms with Gasteiger partial charge in [-0.15, -0.1) is 0 Å². The lowest BCUT2D eigenvalue weighted by Gasteiger charge is -2.31. The van der Waals surface area contributed by atoms with Gasteiger partial charge >= 0.3 is 5.97 Å². The molecule has 0 bridgehead atoms. The van der Waals surface area contributed by atoms with Gasteiger partial charge in [-0.2, -0.15) is 0 Å². The van der Waals surface area contributed by atoms with Crippen molar-refractivity contribution in [3.8, 4) is 0 Å². The van der Waals surface area contributed by atoms with Crippen molar-refractivity contribution >= 4 is 5.97 Å². The first-order chi connectivity index (χ1) is 14.6. The highest BCUT2D eigenvalue weighted by molar-refractivity contribution is 5.69. The summed E-state index contributed by atoms with van der Waals surface area (Å²) in [4.78, 5) is 10.9. The third-order valence-electron chi connectivity index (χ3n) is 7.63. The molecule has 3 heteroatoms. The minimum absolute atomic E-state index is 0.229. The maximum atomic E-state index is 10.9. The van der Waals surface area contributed by atoms with Crippen LogP contribution in [0.2, 0.25) is 0 Å². The lowest BCUT2D eigenvalue weighted by molar-refractivity contribution is -0.141. The Hall–Kier alpha value is -1.09. The van der Waals surface area contributed by atoms with Crippen LogP contribution in [-0.2, 0) is 4.79 Å². The molecule has 180 valence electrons. The summed E-state index contributed by atoms with van der Waals surface area (Å²) in [6.07, 6.45) is 16.8. The molecule has 0 aromatic carbocycles. The van der Waals surface area contributed by atoms with E-state index in [0.29, 0.717) is 11.8 Å². The van der Waals surface area contributed by atoms with Gasteiger partial charge in [0.1, 0.15) is 0 Å². The Balaban J connectivity index is 2.14. The van der Waals surface area contributed by atoms with E-state index in [1.54, 1.807) is 6.92 Å². The monoisotopic (exact) mass is 434 g/mol. The predicted octanol–water partition coefficient (Wildman–Crippen LogP) is 7.79. The Morgan fingerprint density at radius 2 is 1.71 bits per heavy atom. The molecule has 31 heavy (non-hydrogen) atoms. The highest BCUT2D eigenvalue weighted by atomic mass is 16.4. The van der Waals surface area contributed by atoms with Crippen LogP contribution in [0.15, 0.2) is 23.3 Å². The molecule has 0 spiro atoms. The molecular formula is C28H50O3. The average molecular weight is 435 g/mol. The summed E-state index contributed by atoms with van der Waals surface area (Å²) in [5.41, 5.74) is 2.69. The maximum Gasteiger partial charge on any atom is 0.306 e. The van der Waals surface area contributed by atoms with E-state index in [9.17, 15) is 9.90 Å². The molecule has 6 atom stereocenters. The quantitative estimate of drug-likeness (QED) is 0.259. The summed E-state index contributed by atoms with van der Waals surface area (Å²) in [7, 11) is 0. The van der Waals surface area contributed by atoms with Gasteiger partial charge in [-0.1, -0.05) is 71.6 Å². The van der Waals surface area contributed by atoms with E-state index in [1.165, 1.54) is 43.3 Å². The zero-order valence-electron chi connectivity index (χ0n) is 21.2. The summed E-state index contributed by atoms with van der Waals surface area (Å²) in [6, 6.07) is 0. The van der Waals surface area contributed by atoms with Crippen LogP contribution >= 0.6 is 0 Å². The minimum Gasteiger partial charge on any atom is -0.481 e. The van der Waals surface area contributed by atoms with Gasteiger partial charge in [0.05, 0.1) is 12.0 Å². The number of carbonyl (C=O) groups is 1. The molecule has 0 radical (unpaired) electrons. The zero-order chi connectivity index (χ0) is 23.4. The summed E-state index contributed by atoms with van der Waals surface area (Å²) in [5.74, 6) is 1.56. The molecule has 0 saturated carbocycles. The van der Waals surface area contributed by atoms with E-state index in [0.717, 1.165) is 50.4 Å². The first-order valence-electron chi connectivity index (χ1n) is 12.9. The van der Waals surface area contributed by atoms with Gasteiger partial charge in [0.25, 0.3) is 0 Å². The molecule has 0 aliphatic heterocycles. The predicted molar refractivity (Wildman–Crippen MR) is 132 cm³/mol. The second kappa shape index (κ2) is 14.9. The van der Waals surface area contributed by atoms with E-state index < -0.39 is 5.97 Å². The average Bonchev–Trinajstić information content (AvgIpc) is 2.71. The molecule has 0 amide bonds. The van der Waals surface area contributed by atoms with Gasteiger partial charge in [-0.25, -0.2) is 0 Å². The summed E-state index contributed by atoms with van der Waals surface area (Å²) >= 11 is 0. The second-order valence-electron chi connectivity index (χ2n) is 10.7. The Kier molecular flexibility index (Phi) is 13.4. The Bertz CT molecular complexity index is 577. The number of aliphatic carboxylic acids is 1. The van der Waals surface area contributed by atoms with Crippen LogP contribution in [0.4, 0.5) is 0 Å². The highest BCUT2D eigenvalue weighted by Crippen LogP contribution is 2.32. The third kappa shape index (κ3) is 11.4. The molecule has 1 rings (SSSR count). The fourth-order valence-electron chi connectivity index (χ4n) is 4.61. The molecule has 3 nitrogen and oxygen atoms in total. The van der Waals surface area contributed by atoms with Crippen LogP contribution in [-0.4, -0.2) is 22.3 Å². The first kappa shape index (κ1) is 27.9.